The zero-order valence-electron chi connectivity index (χ0n) is 11.1. The largest absolute Gasteiger partial charge is 0.339 e. The Morgan fingerprint density at radius 1 is 1.18 bits per heavy atom. The summed E-state index contributed by atoms with van der Waals surface area (Å²) >= 11 is 0. The smallest absolute Gasteiger partial charge is 0.224 e. The number of hydrogen-bond donors (Lipinski definition) is 1. The highest BCUT2D eigenvalue weighted by Crippen LogP contribution is 2.32. The Kier molecular flexibility index (Phi) is 4.84. The van der Waals surface area contributed by atoms with Gasteiger partial charge in [-0.2, -0.15) is 0 Å². The van der Waals surface area contributed by atoms with Gasteiger partial charge in [0.05, 0.1) is 0 Å². The third-order valence-corrected chi connectivity index (χ3v) is 4.08. The monoisotopic (exact) mass is 238 g/mol. The maximum absolute atomic E-state index is 12.3. The van der Waals surface area contributed by atoms with Crippen molar-refractivity contribution >= 4 is 5.91 Å². The van der Waals surface area contributed by atoms with Crippen LogP contribution in [0.5, 0.6) is 0 Å². The fraction of sp³-hybridized carbons (Fsp3) is 0.929. The molecule has 2 saturated carbocycles. The van der Waals surface area contributed by atoms with Crippen molar-refractivity contribution in [1.82, 2.24) is 10.2 Å². The normalized spacial score (nSPS) is 21.5. The second-order valence-corrected chi connectivity index (χ2v) is 5.63. The molecular weight excluding hydrogens is 212 g/mol. The predicted molar refractivity (Wildman–Crippen MR) is 69.9 cm³/mol. The Hall–Kier alpha value is -0.570. The summed E-state index contributed by atoms with van der Waals surface area (Å²) < 4.78 is 0. The minimum atomic E-state index is 0.373. The summed E-state index contributed by atoms with van der Waals surface area (Å²) in [7, 11) is 1.92. The van der Waals surface area contributed by atoms with Crippen molar-refractivity contribution in [2.75, 3.05) is 20.1 Å². The molecule has 1 N–H and O–H groups in total. The fourth-order valence-electron chi connectivity index (χ4n) is 2.80. The van der Waals surface area contributed by atoms with Crippen LogP contribution in [-0.4, -0.2) is 37.0 Å². The van der Waals surface area contributed by atoms with Crippen LogP contribution in [0.25, 0.3) is 0 Å². The lowest BCUT2D eigenvalue weighted by Crippen LogP contribution is -2.43. The van der Waals surface area contributed by atoms with Crippen LogP contribution in [0.3, 0.4) is 0 Å². The first kappa shape index (κ1) is 12.9. The Balaban J connectivity index is 1.88. The second kappa shape index (κ2) is 6.39. The summed E-state index contributed by atoms with van der Waals surface area (Å²) in [6.45, 7) is 1.85. The standard InChI is InChI=1S/C14H26N2O/c1-15-10-9-14(17)16(11-12-7-8-12)13-5-3-2-4-6-13/h12-13,15H,2-11H2,1H3. The molecule has 0 radical (unpaired) electrons. The number of amides is 1. The van der Waals surface area contributed by atoms with Crippen LogP contribution in [0.15, 0.2) is 0 Å². The topological polar surface area (TPSA) is 32.3 Å². The van der Waals surface area contributed by atoms with Gasteiger partial charge >= 0.3 is 0 Å². The minimum Gasteiger partial charge on any atom is -0.339 e. The van der Waals surface area contributed by atoms with E-state index in [1.807, 2.05) is 7.05 Å². The quantitative estimate of drug-likeness (QED) is 0.769. The molecule has 0 aromatic carbocycles. The van der Waals surface area contributed by atoms with E-state index in [9.17, 15) is 4.79 Å². The molecule has 0 saturated heterocycles. The number of nitrogens with one attached hydrogen (secondary N) is 1. The molecule has 2 aliphatic carbocycles. The van der Waals surface area contributed by atoms with Gasteiger partial charge in [-0.15, -0.1) is 0 Å². The molecule has 0 spiro atoms. The van der Waals surface area contributed by atoms with Crippen LogP contribution >= 0.6 is 0 Å². The number of carbonyl (C=O) groups excluding carboxylic acids is 1. The number of hydrogen-bond acceptors (Lipinski definition) is 2. The molecule has 0 heterocycles. The SMILES string of the molecule is CNCCC(=O)N(CC1CC1)C1CCCCC1. The van der Waals surface area contributed by atoms with Crippen molar-refractivity contribution in [2.24, 2.45) is 5.92 Å². The predicted octanol–water partition coefficient (Wildman–Crippen LogP) is 2.17. The molecule has 0 aromatic heterocycles. The van der Waals surface area contributed by atoms with E-state index >= 15 is 0 Å². The fourth-order valence-corrected chi connectivity index (χ4v) is 2.80. The van der Waals surface area contributed by atoms with E-state index in [1.165, 1.54) is 44.9 Å². The first-order valence-corrected chi connectivity index (χ1v) is 7.25. The summed E-state index contributed by atoms with van der Waals surface area (Å²) in [4.78, 5) is 14.5. The van der Waals surface area contributed by atoms with E-state index in [0.29, 0.717) is 18.4 Å². The van der Waals surface area contributed by atoms with E-state index in [0.717, 1.165) is 19.0 Å². The van der Waals surface area contributed by atoms with Crippen molar-refractivity contribution in [3.05, 3.63) is 0 Å². The first-order chi connectivity index (χ1) is 8.31. The maximum atomic E-state index is 12.3. The van der Waals surface area contributed by atoms with Crippen LogP contribution in [0.4, 0.5) is 0 Å². The van der Waals surface area contributed by atoms with Crippen LogP contribution < -0.4 is 5.32 Å². The third kappa shape index (κ3) is 3.98. The highest BCUT2D eigenvalue weighted by Gasteiger charge is 2.31. The molecular formula is C14H26N2O. The van der Waals surface area contributed by atoms with Crippen LogP contribution in [0.1, 0.15) is 51.4 Å². The molecule has 98 valence electrons. The van der Waals surface area contributed by atoms with Crippen molar-refractivity contribution in [2.45, 2.75) is 57.4 Å². The number of nitrogens with zero attached hydrogens (tertiary/aromatic N) is 1. The lowest BCUT2D eigenvalue weighted by Gasteiger charge is -2.34. The second-order valence-electron chi connectivity index (χ2n) is 5.63. The molecule has 2 aliphatic rings. The summed E-state index contributed by atoms with van der Waals surface area (Å²) in [5, 5.41) is 3.08. The molecule has 2 fully saturated rings. The maximum Gasteiger partial charge on any atom is 0.224 e. The molecule has 0 aromatic rings. The Labute approximate surface area is 105 Å². The van der Waals surface area contributed by atoms with Crippen LogP contribution in [0, 0.1) is 5.92 Å². The Morgan fingerprint density at radius 3 is 2.47 bits per heavy atom. The molecule has 0 bridgehead atoms. The summed E-state index contributed by atoms with van der Waals surface area (Å²) in [6, 6.07) is 0.550. The van der Waals surface area contributed by atoms with Gasteiger partial charge in [-0.1, -0.05) is 19.3 Å². The van der Waals surface area contributed by atoms with Crippen molar-refractivity contribution in [3.8, 4) is 0 Å². The molecule has 0 atom stereocenters. The summed E-state index contributed by atoms with van der Waals surface area (Å²) in [5.41, 5.74) is 0. The highest BCUT2D eigenvalue weighted by molar-refractivity contribution is 5.76. The molecule has 0 unspecified atom stereocenters. The van der Waals surface area contributed by atoms with Gasteiger partial charge in [-0.05, 0) is 38.6 Å². The van der Waals surface area contributed by atoms with Gasteiger partial charge in [0.15, 0.2) is 0 Å². The van der Waals surface area contributed by atoms with Gasteiger partial charge < -0.3 is 10.2 Å². The molecule has 3 heteroatoms. The zero-order chi connectivity index (χ0) is 12.1. The van der Waals surface area contributed by atoms with Crippen molar-refractivity contribution in [1.29, 1.82) is 0 Å². The van der Waals surface area contributed by atoms with Gasteiger partial charge in [0.25, 0.3) is 0 Å². The molecule has 17 heavy (non-hydrogen) atoms. The Bertz CT molecular complexity index is 245. The van der Waals surface area contributed by atoms with E-state index in [-0.39, 0.29) is 0 Å². The van der Waals surface area contributed by atoms with Crippen LogP contribution in [-0.2, 0) is 4.79 Å². The zero-order valence-corrected chi connectivity index (χ0v) is 11.1. The highest BCUT2D eigenvalue weighted by atomic mass is 16.2. The number of rotatable bonds is 6. The van der Waals surface area contributed by atoms with Crippen molar-refractivity contribution < 1.29 is 4.79 Å². The summed E-state index contributed by atoms with van der Waals surface area (Å²) in [5.74, 6) is 1.19. The number of carbonyl (C=O) groups is 1. The van der Waals surface area contributed by atoms with Gasteiger partial charge in [0.2, 0.25) is 5.91 Å². The lowest BCUT2D eigenvalue weighted by molar-refractivity contribution is -0.134. The van der Waals surface area contributed by atoms with Gasteiger partial charge in [-0.25, -0.2) is 0 Å². The molecule has 1 amide bonds. The third-order valence-electron chi connectivity index (χ3n) is 4.08. The van der Waals surface area contributed by atoms with Gasteiger partial charge in [-0.3, -0.25) is 4.79 Å². The average Bonchev–Trinajstić information content (AvgIpc) is 3.18. The Morgan fingerprint density at radius 2 is 1.88 bits per heavy atom. The van der Waals surface area contributed by atoms with E-state index in [1.54, 1.807) is 0 Å². The minimum absolute atomic E-state index is 0.373. The van der Waals surface area contributed by atoms with E-state index in [4.69, 9.17) is 0 Å². The molecule has 2 rings (SSSR count). The van der Waals surface area contributed by atoms with Crippen LogP contribution in [0.2, 0.25) is 0 Å². The average molecular weight is 238 g/mol. The van der Waals surface area contributed by atoms with E-state index in [2.05, 4.69) is 10.2 Å². The van der Waals surface area contributed by atoms with Crippen molar-refractivity contribution in [3.63, 3.8) is 0 Å². The van der Waals surface area contributed by atoms with Gasteiger partial charge in [0, 0.05) is 25.6 Å². The van der Waals surface area contributed by atoms with Gasteiger partial charge in [0.1, 0.15) is 0 Å². The molecule has 3 nitrogen and oxygen atoms in total. The molecule has 0 aliphatic heterocycles. The van der Waals surface area contributed by atoms with E-state index < -0.39 is 0 Å². The lowest BCUT2D eigenvalue weighted by atomic mass is 9.93. The summed E-state index contributed by atoms with van der Waals surface area (Å²) in [6.07, 6.45) is 9.79. The first-order valence-electron chi connectivity index (χ1n) is 7.25.